The topological polar surface area (TPSA) is 37.8 Å². The molecule has 0 unspecified atom stereocenters. The van der Waals surface area contributed by atoms with Crippen LogP contribution in [-0.2, 0) is 0 Å². The molecule has 3 nitrogen and oxygen atoms in total. The molecule has 0 fully saturated rings. The van der Waals surface area contributed by atoms with E-state index in [0.717, 1.165) is 10.4 Å². The average Bonchev–Trinajstić information content (AvgIpc) is 2.65. The van der Waals surface area contributed by atoms with Gasteiger partial charge in [0, 0.05) is 22.9 Å². The molecule has 1 N–H and O–H groups in total. The number of thiophene rings is 1. The van der Waals surface area contributed by atoms with E-state index >= 15 is 0 Å². The number of hydrogen-bond donors (Lipinski definition) is 1. The van der Waals surface area contributed by atoms with Crippen LogP contribution < -0.4 is 5.32 Å². The number of aryl methyl sites for hydroxylation is 1. The number of halogens is 1. The molecule has 78 valence electrons. The summed E-state index contributed by atoms with van der Waals surface area (Å²) in [7, 11) is 1.70. The third-order valence-electron chi connectivity index (χ3n) is 1.97. The first-order valence-corrected chi connectivity index (χ1v) is 5.34. The summed E-state index contributed by atoms with van der Waals surface area (Å²) in [6, 6.07) is 1.91. The normalized spacial score (nSPS) is 10.3. The molecule has 2 aromatic rings. The third-order valence-corrected chi connectivity index (χ3v) is 2.83. The zero-order chi connectivity index (χ0) is 10.8. The maximum absolute atomic E-state index is 13.5. The Hall–Kier alpha value is -1.49. The minimum Gasteiger partial charge on any atom is -0.357 e. The molecule has 0 saturated heterocycles. The molecular weight excluding hydrogens is 213 g/mol. The SMILES string of the molecule is CNc1ncc(F)c(-c2csc(C)c2)n1. The zero-order valence-electron chi connectivity index (χ0n) is 8.41. The Morgan fingerprint density at radius 3 is 2.87 bits per heavy atom. The first-order valence-electron chi connectivity index (χ1n) is 4.46. The van der Waals surface area contributed by atoms with Crippen LogP contribution in [0, 0.1) is 12.7 Å². The number of hydrogen-bond acceptors (Lipinski definition) is 4. The quantitative estimate of drug-likeness (QED) is 0.850. The number of aromatic nitrogens is 2. The predicted molar refractivity (Wildman–Crippen MR) is 59.6 cm³/mol. The second kappa shape index (κ2) is 3.94. The predicted octanol–water partition coefficient (Wildman–Crippen LogP) is 2.69. The molecule has 0 aliphatic carbocycles. The first-order chi connectivity index (χ1) is 7.20. The van der Waals surface area contributed by atoms with Crippen molar-refractivity contribution in [2.45, 2.75) is 6.92 Å². The van der Waals surface area contributed by atoms with E-state index in [9.17, 15) is 4.39 Å². The average molecular weight is 223 g/mol. The Morgan fingerprint density at radius 2 is 2.27 bits per heavy atom. The monoisotopic (exact) mass is 223 g/mol. The molecule has 0 spiro atoms. The van der Waals surface area contributed by atoms with Crippen molar-refractivity contribution in [1.29, 1.82) is 0 Å². The fourth-order valence-corrected chi connectivity index (χ4v) is 1.95. The lowest BCUT2D eigenvalue weighted by Crippen LogP contribution is -1.99. The van der Waals surface area contributed by atoms with Crippen molar-refractivity contribution in [2.24, 2.45) is 0 Å². The van der Waals surface area contributed by atoms with Gasteiger partial charge in [0.25, 0.3) is 0 Å². The van der Waals surface area contributed by atoms with Crippen molar-refractivity contribution in [3.8, 4) is 11.3 Å². The van der Waals surface area contributed by atoms with Crippen LogP contribution in [0.4, 0.5) is 10.3 Å². The molecule has 2 rings (SSSR count). The van der Waals surface area contributed by atoms with E-state index in [1.807, 2.05) is 18.4 Å². The molecule has 15 heavy (non-hydrogen) atoms. The zero-order valence-corrected chi connectivity index (χ0v) is 9.23. The van der Waals surface area contributed by atoms with E-state index in [1.165, 1.54) is 6.20 Å². The Bertz CT molecular complexity index is 481. The van der Waals surface area contributed by atoms with Gasteiger partial charge in [-0.05, 0) is 13.0 Å². The Kier molecular flexibility index (Phi) is 2.64. The van der Waals surface area contributed by atoms with Gasteiger partial charge in [-0.1, -0.05) is 0 Å². The van der Waals surface area contributed by atoms with Gasteiger partial charge in [-0.2, -0.15) is 0 Å². The highest BCUT2D eigenvalue weighted by atomic mass is 32.1. The molecule has 2 aromatic heterocycles. The van der Waals surface area contributed by atoms with Crippen molar-refractivity contribution in [1.82, 2.24) is 9.97 Å². The maximum atomic E-state index is 13.5. The van der Waals surface area contributed by atoms with Crippen LogP contribution in [0.25, 0.3) is 11.3 Å². The van der Waals surface area contributed by atoms with Crippen molar-refractivity contribution in [3.05, 3.63) is 28.3 Å². The van der Waals surface area contributed by atoms with E-state index in [-0.39, 0.29) is 0 Å². The van der Waals surface area contributed by atoms with Gasteiger partial charge in [-0.25, -0.2) is 14.4 Å². The second-order valence-electron chi connectivity index (χ2n) is 3.09. The standard InChI is InChI=1S/C10H10FN3S/c1-6-3-7(5-15-6)9-8(11)4-13-10(12-2)14-9/h3-5H,1-2H3,(H,12,13,14). The van der Waals surface area contributed by atoms with E-state index in [0.29, 0.717) is 11.6 Å². The molecule has 0 aliphatic heterocycles. The number of anilines is 1. The molecule has 5 heteroatoms. The van der Waals surface area contributed by atoms with Gasteiger partial charge in [-0.15, -0.1) is 11.3 Å². The summed E-state index contributed by atoms with van der Waals surface area (Å²) in [5, 5.41) is 4.67. The van der Waals surface area contributed by atoms with E-state index < -0.39 is 5.82 Å². The molecule has 2 heterocycles. The van der Waals surface area contributed by atoms with Gasteiger partial charge in [0.1, 0.15) is 5.69 Å². The van der Waals surface area contributed by atoms with Crippen LogP contribution in [0.5, 0.6) is 0 Å². The minimum absolute atomic E-state index is 0.346. The van der Waals surface area contributed by atoms with Gasteiger partial charge >= 0.3 is 0 Å². The van der Waals surface area contributed by atoms with Gasteiger partial charge < -0.3 is 5.32 Å². The van der Waals surface area contributed by atoms with Crippen LogP contribution >= 0.6 is 11.3 Å². The van der Waals surface area contributed by atoms with Crippen LogP contribution in [-0.4, -0.2) is 17.0 Å². The molecular formula is C10H10FN3S. The summed E-state index contributed by atoms with van der Waals surface area (Å²) >= 11 is 1.57. The largest absolute Gasteiger partial charge is 0.357 e. The summed E-state index contributed by atoms with van der Waals surface area (Å²) in [5.41, 5.74) is 1.15. The molecule has 0 radical (unpaired) electrons. The van der Waals surface area contributed by atoms with Crippen LogP contribution in [0.1, 0.15) is 4.88 Å². The fraction of sp³-hybridized carbons (Fsp3) is 0.200. The number of rotatable bonds is 2. The molecule has 0 bridgehead atoms. The van der Waals surface area contributed by atoms with Gasteiger partial charge in [0.05, 0.1) is 6.20 Å². The van der Waals surface area contributed by atoms with Crippen molar-refractivity contribution < 1.29 is 4.39 Å². The molecule has 0 aliphatic rings. The maximum Gasteiger partial charge on any atom is 0.223 e. The Labute approximate surface area is 91.0 Å². The summed E-state index contributed by atoms with van der Waals surface area (Å²) in [6.45, 7) is 1.98. The summed E-state index contributed by atoms with van der Waals surface area (Å²) in [4.78, 5) is 9.01. The highest BCUT2D eigenvalue weighted by Gasteiger charge is 2.09. The summed E-state index contributed by atoms with van der Waals surface area (Å²) < 4.78 is 13.5. The first kappa shape index (κ1) is 10.0. The highest BCUT2D eigenvalue weighted by molar-refractivity contribution is 7.10. The number of nitrogens with zero attached hydrogens (tertiary/aromatic N) is 2. The van der Waals surface area contributed by atoms with Crippen molar-refractivity contribution in [3.63, 3.8) is 0 Å². The lowest BCUT2D eigenvalue weighted by molar-refractivity contribution is 0.619. The highest BCUT2D eigenvalue weighted by Crippen LogP contribution is 2.25. The smallest absolute Gasteiger partial charge is 0.223 e. The van der Waals surface area contributed by atoms with Gasteiger partial charge in [0.15, 0.2) is 5.82 Å². The van der Waals surface area contributed by atoms with Crippen molar-refractivity contribution in [2.75, 3.05) is 12.4 Å². The molecule has 0 saturated carbocycles. The fourth-order valence-electron chi connectivity index (χ4n) is 1.26. The summed E-state index contributed by atoms with van der Waals surface area (Å²) in [5.74, 6) is 0.0297. The van der Waals surface area contributed by atoms with E-state index in [1.54, 1.807) is 18.4 Å². The van der Waals surface area contributed by atoms with Crippen LogP contribution in [0.3, 0.4) is 0 Å². The molecule has 0 atom stereocenters. The second-order valence-corrected chi connectivity index (χ2v) is 4.20. The Morgan fingerprint density at radius 1 is 1.47 bits per heavy atom. The number of nitrogens with one attached hydrogen (secondary N) is 1. The van der Waals surface area contributed by atoms with Crippen LogP contribution in [0.15, 0.2) is 17.6 Å². The minimum atomic E-state index is -0.396. The van der Waals surface area contributed by atoms with E-state index in [4.69, 9.17) is 0 Å². The lowest BCUT2D eigenvalue weighted by Gasteiger charge is -2.02. The lowest BCUT2D eigenvalue weighted by atomic mass is 10.2. The molecule has 0 amide bonds. The summed E-state index contributed by atoms with van der Waals surface area (Å²) in [6.07, 6.45) is 1.18. The van der Waals surface area contributed by atoms with E-state index in [2.05, 4.69) is 15.3 Å². The molecule has 0 aromatic carbocycles. The van der Waals surface area contributed by atoms with Crippen molar-refractivity contribution >= 4 is 17.3 Å². The third kappa shape index (κ3) is 1.97. The Balaban J connectivity index is 2.51. The van der Waals surface area contributed by atoms with Crippen LogP contribution in [0.2, 0.25) is 0 Å². The van der Waals surface area contributed by atoms with Gasteiger partial charge in [-0.3, -0.25) is 0 Å². The van der Waals surface area contributed by atoms with Gasteiger partial charge in [0.2, 0.25) is 5.95 Å².